The van der Waals surface area contributed by atoms with E-state index >= 15 is 0 Å². The first kappa shape index (κ1) is 12.4. The number of hydrogen-bond acceptors (Lipinski definition) is 3. The fraction of sp³-hybridized carbons (Fsp3) is 0.571. The van der Waals surface area contributed by atoms with Crippen molar-refractivity contribution in [2.24, 2.45) is 0 Å². The van der Waals surface area contributed by atoms with E-state index in [9.17, 15) is 0 Å². The van der Waals surface area contributed by atoms with Crippen LogP contribution < -0.4 is 15.4 Å². The van der Waals surface area contributed by atoms with Crippen molar-refractivity contribution >= 4 is 0 Å². The second-order valence-electron chi connectivity index (χ2n) is 4.90. The quantitative estimate of drug-likeness (QED) is 0.839. The van der Waals surface area contributed by atoms with Crippen molar-refractivity contribution < 1.29 is 4.74 Å². The van der Waals surface area contributed by atoms with Crippen LogP contribution in [0.1, 0.15) is 31.0 Å². The summed E-state index contributed by atoms with van der Waals surface area (Å²) in [5.74, 6) is 0.993. The molecule has 1 fully saturated rings. The Hall–Kier alpha value is -1.06. The Morgan fingerprint density at radius 1 is 1.29 bits per heavy atom. The fourth-order valence-electron chi connectivity index (χ4n) is 2.16. The van der Waals surface area contributed by atoms with Gasteiger partial charge in [0.05, 0.1) is 6.10 Å². The highest BCUT2D eigenvalue weighted by Gasteiger charge is 2.15. The Kier molecular flexibility index (Phi) is 4.02. The van der Waals surface area contributed by atoms with Crippen molar-refractivity contribution in [2.75, 3.05) is 19.6 Å². The molecule has 1 saturated heterocycles. The normalized spacial score (nSPS) is 20.6. The number of piperazine rings is 1. The Morgan fingerprint density at radius 3 is 2.71 bits per heavy atom. The summed E-state index contributed by atoms with van der Waals surface area (Å²) in [7, 11) is 0. The minimum absolute atomic E-state index is 0.231. The molecule has 1 aliphatic heterocycles. The number of ether oxygens (including phenoxy) is 1. The lowest BCUT2D eigenvalue weighted by Gasteiger charge is -2.25. The van der Waals surface area contributed by atoms with E-state index in [2.05, 4.69) is 49.6 Å². The van der Waals surface area contributed by atoms with Gasteiger partial charge < -0.3 is 15.4 Å². The van der Waals surface area contributed by atoms with Gasteiger partial charge in [-0.1, -0.05) is 12.1 Å². The zero-order valence-electron chi connectivity index (χ0n) is 10.9. The van der Waals surface area contributed by atoms with Gasteiger partial charge in [-0.05, 0) is 38.0 Å². The van der Waals surface area contributed by atoms with Crippen molar-refractivity contribution in [2.45, 2.75) is 32.9 Å². The molecular weight excluding hydrogens is 212 g/mol. The Morgan fingerprint density at radius 2 is 2.12 bits per heavy atom. The summed E-state index contributed by atoms with van der Waals surface area (Å²) in [6.45, 7) is 9.32. The summed E-state index contributed by atoms with van der Waals surface area (Å²) in [4.78, 5) is 0. The first-order valence-corrected chi connectivity index (χ1v) is 6.38. The lowest BCUT2D eigenvalue weighted by molar-refractivity contribution is 0.240. The minimum Gasteiger partial charge on any atom is -0.491 e. The Bertz CT molecular complexity index is 370. The SMILES string of the molecule is Cc1cc(C2CNCCN2)ccc1OC(C)C. The molecule has 2 rings (SSSR count). The highest BCUT2D eigenvalue weighted by molar-refractivity contribution is 5.37. The van der Waals surface area contributed by atoms with E-state index in [1.807, 2.05) is 0 Å². The van der Waals surface area contributed by atoms with E-state index in [-0.39, 0.29) is 6.10 Å². The van der Waals surface area contributed by atoms with E-state index in [1.165, 1.54) is 11.1 Å². The van der Waals surface area contributed by atoms with Crippen LogP contribution in [0.3, 0.4) is 0 Å². The van der Waals surface area contributed by atoms with E-state index in [4.69, 9.17) is 4.74 Å². The highest BCUT2D eigenvalue weighted by Crippen LogP contribution is 2.24. The van der Waals surface area contributed by atoms with Crippen molar-refractivity contribution in [1.29, 1.82) is 0 Å². The molecule has 1 aromatic carbocycles. The van der Waals surface area contributed by atoms with Crippen molar-refractivity contribution in [3.63, 3.8) is 0 Å². The zero-order valence-corrected chi connectivity index (χ0v) is 10.9. The van der Waals surface area contributed by atoms with Gasteiger partial charge in [0.25, 0.3) is 0 Å². The van der Waals surface area contributed by atoms with Crippen LogP contribution in [-0.2, 0) is 0 Å². The maximum absolute atomic E-state index is 5.75. The van der Waals surface area contributed by atoms with Crippen LogP contribution in [0.4, 0.5) is 0 Å². The standard InChI is InChI=1S/C14H22N2O/c1-10(2)17-14-5-4-12(8-11(14)3)13-9-15-6-7-16-13/h4-5,8,10,13,15-16H,6-7,9H2,1-3H3. The average molecular weight is 234 g/mol. The molecule has 0 amide bonds. The maximum Gasteiger partial charge on any atom is 0.122 e. The van der Waals surface area contributed by atoms with Gasteiger partial charge in [-0.2, -0.15) is 0 Å². The van der Waals surface area contributed by atoms with E-state index in [0.29, 0.717) is 6.04 Å². The number of rotatable bonds is 3. The van der Waals surface area contributed by atoms with Crippen molar-refractivity contribution in [1.82, 2.24) is 10.6 Å². The van der Waals surface area contributed by atoms with Crippen LogP contribution in [0.25, 0.3) is 0 Å². The Balaban J connectivity index is 2.12. The molecule has 3 heteroatoms. The summed E-state index contributed by atoms with van der Waals surface area (Å²) in [6.07, 6.45) is 0.231. The van der Waals surface area contributed by atoms with Gasteiger partial charge in [0.2, 0.25) is 0 Å². The average Bonchev–Trinajstić information content (AvgIpc) is 2.32. The predicted molar refractivity (Wildman–Crippen MR) is 70.6 cm³/mol. The molecule has 94 valence electrons. The lowest BCUT2D eigenvalue weighted by atomic mass is 10.0. The third-order valence-corrected chi connectivity index (χ3v) is 3.01. The molecule has 0 spiro atoms. The molecule has 1 aromatic rings. The third-order valence-electron chi connectivity index (χ3n) is 3.01. The van der Waals surface area contributed by atoms with Crippen LogP contribution >= 0.6 is 0 Å². The molecule has 1 aliphatic rings. The second kappa shape index (κ2) is 5.52. The van der Waals surface area contributed by atoms with Crippen LogP contribution in [0.5, 0.6) is 5.75 Å². The number of nitrogens with one attached hydrogen (secondary N) is 2. The van der Waals surface area contributed by atoms with Gasteiger partial charge in [-0.3, -0.25) is 0 Å². The molecule has 2 N–H and O–H groups in total. The van der Waals surface area contributed by atoms with Gasteiger partial charge in [-0.15, -0.1) is 0 Å². The summed E-state index contributed by atoms with van der Waals surface area (Å²) in [5, 5.41) is 6.93. The highest BCUT2D eigenvalue weighted by atomic mass is 16.5. The molecule has 1 unspecified atom stereocenters. The smallest absolute Gasteiger partial charge is 0.122 e. The van der Waals surface area contributed by atoms with Crippen molar-refractivity contribution in [3.05, 3.63) is 29.3 Å². The largest absolute Gasteiger partial charge is 0.491 e. The first-order chi connectivity index (χ1) is 8.16. The lowest BCUT2D eigenvalue weighted by Crippen LogP contribution is -2.42. The molecule has 1 heterocycles. The monoisotopic (exact) mass is 234 g/mol. The number of hydrogen-bond donors (Lipinski definition) is 2. The molecule has 0 radical (unpaired) electrons. The van der Waals surface area contributed by atoms with Gasteiger partial charge in [-0.25, -0.2) is 0 Å². The van der Waals surface area contributed by atoms with Crippen molar-refractivity contribution in [3.8, 4) is 5.75 Å². The van der Waals surface area contributed by atoms with Crippen LogP contribution in [0, 0.1) is 6.92 Å². The van der Waals surface area contributed by atoms with E-state index in [1.54, 1.807) is 0 Å². The first-order valence-electron chi connectivity index (χ1n) is 6.38. The molecule has 0 bridgehead atoms. The van der Waals surface area contributed by atoms with E-state index < -0.39 is 0 Å². The van der Waals surface area contributed by atoms with Crippen LogP contribution in [0.15, 0.2) is 18.2 Å². The molecule has 1 atom stereocenters. The Labute approximate surface area is 104 Å². The number of aryl methyl sites for hydroxylation is 1. The summed E-state index contributed by atoms with van der Waals surface area (Å²) in [5.41, 5.74) is 2.55. The molecular formula is C14H22N2O. The molecule has 0 aromatic heterocycles. The van der Waals surface area contributed by atoms with Gasteiger partial charge >= 0.3 is 0 Å². The summed E-state index contributed by atoms with van der Waals surface area (Å²) >= 11 is 0. The van der Waals surface area contributed by atoms with Gasteiger partial charge in [0.15, 0.2) is 0 Å². The third kappa shape index (κ3) is 3.20. The minimum atomic E-state index is 0.231. The molecule has 0 aliphatic carbocycles. The van der Waals surface area contributed by atoms with Gasteiger partial charge in [0, 0.05) is 25.7 Å². The predicted octanol–water partition coefficient (Wildman–Crippen LogP) is 2.02. The molecule has 0 saturated carbocycles. The fourth-order valence-corrected chi connectivity index (χ4v) is 2.16. The summed E-state index contributed by atoms with van der Waals surface area (Å²) < 4.78 is 5.75. The molecule has 17 heavy (non-hydrogen) atoms. The van der Waals surface area contributed by atoms with Gasteiger partial charge in [0.1, 0.15) is 5.75 Å². The maximum atomic E-state index is 5.75. The van der Waals surface area contributed by atoms with E-state index in [0.717, 1.165) is 25.4 Å². The topological polar surface area (TPSA) is 33.3 Å². The number of benzene rings is 1. The summed E-state index contributed by atoms with van der Waals surface area (Å²) in [6, 6.07) is 6.90. The van der Waals surface area contributed by atoms with Crippen LogP contribution in [-0.4, -0.2) is 25.7 Å². The zero-order chi connectivity index (χ0) is 12.3. The second-order valence-corrected chi connectivity index (χ2v) is 4.90. The molecule has 3 nitrogen and oxygen atoms in total. The van der Waals surface area contributed by atoms with Crippen LogP contribution in [0.2, 0.25) is 0 Å².